The Bertz CT molecular complexity index is 1140. The predicted octanol–water partition coefficient (Wildman–Crippen LogP) is 3.96. The number of nitrogen functional groups attached to an aromatic ring is 1. The molecule has 8 heteroatoms. The van der Waals surface area contributed by atoms with E-state index in [4.69, 9.17) is 33.2 Å². The molecule has 0 fully saturated rings. The van der Waals surface area contributed by atoms with Crippen molar-refractivity contribution in [3.63, 3.8) is 0 Å². The van der Waals surface area contributed by atoms with Crippen molar-refractivity contribution in [1.82, 2.24) is 4.98 Å². The molecule has 0 bridgehead atoms. The van der Waals surface area contributed by atoms with Gasteiger partial charge in [0.05, 0.1) is 48.6 Å². The van der Waals surface area contributed by atoms with Gasteiger partial charge in [-0.2, -0.15) is 0 Å². The standard InChI is InChI=1S/C12H13NO3.C10H8ClNO2/c1-7-8-4-5-13-11(8)10(15-2)6-9(7)12(14)16-3;1-3-6-8(12)5-4-7(9(6)11)10(13)14-2/h4-6,13H,1-3H3;1,4-5H,12H2,2H3. The minimum Gasteiger partial charge on any atom is -0.495 e. The highest BCUT2D eigenvalue weighted by molar-refractivity contribution is 6.35. The molecule has 0 aliphatic heterocycles. The normalized spacial score (nSPS) is 9.87. The molecule has 0 unspecified atom stereocenters. The number of benzene rings is 2. The SMILES string of the molecule is C#Cc1c(N)ccc(C(=O)OC)c1Cl.COC(=O)c1cc(OC)c2[nH]ccc2c1C. The van der Waals surface area contributed by atoms with Crippen LogP contribution in [0.1, 0.15) is 31.8 Å². The fourth-order valence-electron chi connectivity index (χ4n) is 2.83. The number of ether oxygens (including phenoxy) is 3. The number of hydrogen-bond donors (Lipinski definition) is 2. The maximum Gasteiger partial charge on any atom is 0.339 e. The fraction of sp³-hybridized carbons (Fsp3) is 0.182. The number of H-pyrrole nitrogens is 1. The lowest BCUT2D eigenvalue weighted by Gasteiger charge is -2.09. The third-order valence-electron chi connectivity index (χ3n) is 4.43. The molecule has 1 heterocycles. The second-order valence-corrected chi connectivity index (χ2v) is 6.41. The molecule has 0 radical (unpaired) electrons. The van der Waals surface area contributed by atoms with E-state index in [9.17, 15) is 9.59 Å². The van der Waals surface area contributed by atoms with Crippen molar-refractivity contribution in [2.75, 3.05) is 27.1 Å². The number of carbonyl (C=O) groups is 2. The Kier molecular flexibility index (Phi) is 7.34. The van der Waals surface area contributed by atoms with Crippen molar-refractivity contribution >= 4 is 40.1 Å². The van der Waals surface area contributed by atoms with E-state index in [0.29, 0.717) is 22.6 Å². The van der Waals surface area contributed by atoms with Gasteiger partial charge in [0, 0.05) is 17.3 Å². The number of aryl methyl sites for hydroxylation is 1. The topological polar surface area (TPSA) is 104 Å². The van der Waals surface area contributed by atoms with E-state index >= 15 is 0 Å². The quantitative estimate of drug-likeness (QED) is 0.371. The summed E-state index contributed by atoms with van der Waals surface area (Å²) < 4.78 is 14.5. The molecule has 7 nitrogen and oxygen atoms in total. The molecule has 0 spiro atoms. The van der Waals surface area contributed by atoms with Crippen molar-refractivity contribution in [2.45, 2.75) is 6.92 Å². The van der Waals surface area contributed by atoms with Crippen LogP contribution in [0.3, 0.4) is 0 Å². The Morgan fingerprint density at radius 3 is 2.30 bits per heavy atom. The van der Waals surface area contributed by atoms with Crippen LogP contribution >= 0.6 is 11.6 Å². The predicted molar refractivity (Wildman–Crippen MR) is 116 cm³/mol. The summed E-state index contributed by atoms with van der Waals surface area (Å²) >= 11 is 5.86. The highest BCUT2D eigenvalue weighted by Gasteiger charge is 2.16. The van der Waals surface area contributed by atoms with Crippen LogP contribution in [0.5, 0.6) is 5.75 Å². The average molecular weight is 429 g/mol. The van der Waals surface area contributed by atoms with Gasteiger partial charge in [-0.3, -0.25) is 0 Å². The molecule has 0 saturated carbocycles. The Labute approximate surface area is 179 Å². The lowest BCUT2D eigenvalue weighted by Crippen LogP contribution is -2.04. The maximum atomic E-state index is 11.6. The molecule has 0 aliphatic rings. The second kappa shape index (κ2) is 9.72. The summed E-state index contributed by atoms with van der Waals surface area (Å²) in [5, 5.41) is 1.12. The number of terminal acetylenes is 1. The van der Waals surface area contributed by atoms with Crippen LogP contribution in [-0.2, 0) is 9.47 Å². The number of anilines is 1. The second-order valence-electron chi connectivity index (χ2n) is 6.04. The van der Waals surface area contributed by atoms with E-state index in [2.05, 4.69) is 15.6 Å². The van der Waals surface area contributed by atoms with Crippen LogP contribution < -0.4 is 10.5 Å². The molecule has 3 rings (SSSR count). The first-order valence-electron chi connectivity index (χ1n) is 8.66. The molecule has 156 valence electrons. The molecule has 3 aromatic rings. The van der Waals surface area contributed by atoms with Gasteiger partial charge in [-0.25, -0.2) is 9.59 Å². The first-order chi connectivity index (χ1) is 14.3. The monoisotopic (exact) mass is 428 g/mol. The van der Waals surface area contributed by atoms with Crippen molar-refractivity contribution in [2.24, 2.45) is 0 Å². The Hall–Kier alpha value is -3.63. The molecule has 0 aliphatic carbocycles. The summed E-state index contributed by atoms with van der Waals surface area (Å²) in [4.78, 5) is 25.9. The molecule has 1 aromatic heterocycles. The number of hydrogen-bond acceptors (Lipinski definition) is 6. The number of nitrogens with one attached hydrogen (secondary N) is 1. The van der Waals surface area contributed by atoms with Crippen molar-refractivity contribution < 1.29 is 23.8 Å². The van der Waals surface area contributed by atoms with E-state index in [1.807, 2.05) is 19.2 Å². The minimum absolute atomic E-state index is 0.152. The third kappa shape index (κ3) is 4.34. The zero-order valence-corrected chi connectivity index (χ0v) is 17.7. The van der Waals surface area contributed by atoms with Crippen molar-refractivity contribution in [1.29, 1.82) is 0 Å². The summed E-state index contributed by atoms with van der Waals surface area (Å²) in [5.74, 6) is 2.08. The summed E-state index contributed by atoms with van der Waals surface area (Å²) in [5.41, 5.74) is 8.78. The minimum atomic E-state index is -0.536. The highest BCUT2D eigenvalue weighted by Crippen LogP contribution is 2.30. The zero-order valence-electron chi connectivity index (χ0n) is 17.0. The largest absolute Gasteiger partial charge is 0.495 e. The summed E-state index contributed by atoms with van der Waals surface area (Å²) in [6.45, 7) is 1.89. The summed E-state index contributed by atoms with van der Waals surface area (Å²) in [7, 11) is 4.21. The van der Waals surface area contributed by atoms with Gasteiger partial charge in [0.25, 0.3) is 0 Å². The van der Waals surface area contributed by atoms with Crippen LogP contribution in [0.2, 0.25) is 5.02 Å². The summed E-state index contributed by atoms with van der Waals surface area (Å²) in [6.07, 6.45) is 7.02. The van der Waals surface area contributed by atoms with Crippen LogP contribution in [0.25, 0.3) is 10.9 Å². The van der Waals surface area contributed by atoms with Crippen LogP contribution in [0, 0.1) is 19.3 Å². The molecular formula is C22H21ClN2O5. The molecule has 0 saturated heterocycles. The third-order valence-corrected chi connectivity index (χ3v) is 4.82. The van der Waals surface area contributed by atoms with Crippen LogP contribution in [-0.4, -0.2) is 38.3 Å². The number of aromatic amines is 1. The number of rotatable bonds is 3. The highest BCUT2D eigenvalue weighted by atomic mass is 35.5. The van der Waals surface area contributed by atoms with Gasteiger partial charge in [0.2, 0.25) is 0 Å². The van der Waals surface area contributed by atoms with Gasteiger partial charge in [0.1, 0.15) is 5.75 Å². The summed E-state index contributed by atoms with van der Waals surface area (Å²) in [6, 6.07) is 6.61. The molecular weight excluding hydrogens is 408 g/mol. The molecule has 2 aromatic carbocycles. The fourth-order valence-corrected chi connectivity index (χ4v) is 3.13. The smallest absolute Gasteiger partial charge is 0.339 e. The molecule has 0 amide bonds. The molecule has 0 atom stereocenters. The Morgan fingerprint density at radius 2 is 1.73 bits per heavy atom. The number of aromatic nitrogens is 1. The Morgan fingerprint density at radius 1 is 1.10 bits per heavy atom. The lowest BCUT2D eigenvalue weighted by molar-refractivity contribution is 0.0591. The van der Waals surface area contributed by atoms with E-state index in [1.165, 1.54) is 26.4 Å². The van der Waals surface area contributed by atoms with Gasteiger partial charge in [-0.15, -0.1) is 6.42 Å². The Balaban J connectivity index is 0.000000216. The lowest BCUT2D eigenvalue weighted by atomic mass is 10.0. The number of esters is 2. The van der Waals surface area contributed by atoms with Crippen molar-refractivity contribution in [3.05, 3.63) is 57.7 Å². The number of halogens is 1. The van der Waals surface area contributed by atoms with E-state index < -0.39 is 5.97 Å². The van der Waals surface area contributed by atoms with Gasteiger partial charge >= 0.3 is 11.9 Å². The molecule has 30 heavy (non-hydrogen) atoms. The number of methoxy groups -OCH3 is 3. The van der Waals surface area contributed by atoms with E-state index in [1.54, 1.807) is 13.2 Å². The maximum absolute atomic E-state index is 11.6. The van der Waals surface area contributed by atoms with E-state index in [-0.39, 0.29) is 16.6 Å². The van der Waals surface area contributed by atoms with Crippen molar-refractivity contribution in [3.8, 4) is 18.1 Å². The van der Waals surface area contributed by atoms with Crippen LogP contribution in [0.4, 0.5) is 5.69 Å². The number of fused-ring (bicyclic) bond motifs is 1. The van der Waals surface area contributed by atoms with E-state index in [0.717, 1.165) is 16.5 Å². The first kappa shape index (κ1) is 22.7. The van der Waals surface area contributed by atoms with Gasteiger partial charge in [-0.1, -0.05) is 17.5 Å². The van der Waals surface area contributed by atoms with Gasteiger partial charge in [-0.05, 0) is 36.8 Å². The van der Waals surface area contributed by atoms with Crippen LogP contribution in [0.15, 0.2) is 30.5 Å². The zero-order chi connectivity index (χ0) is 22.4. The average Bonchev–Trinajstić information content (AvgIpc) is 3.24. The number of nitrogens with two attached hydrogens (primary N) is 1. The molecule has 3 N–H and O–H groups in total. The first-order valence-corrected chi connectivity index (χ1v) is 9.04. The van der Waals surface area contributed by atoms with Gasteiger partial charge in [0.15, 0.2) is 0 Å². The number of carbonyl (C=O) groups excluding carboxylic acids is 2. The van der Waals surface area contributed by atoms with Gasteiger partial charge < -0.3 is 24.9 Å².